The molecule has 10 heteroatoms. The number of β-amino-alcohol motifs (C(OH)–C–C–N with tert-alkyl or cyclic N) is 1. The lowest BCUT2D eigenvalue weighted by Gasteiger charge is -2.36. The topological polar surface area (TPSA) is 92.6 Å². The number of thioether (sulfide) groups is 1. The van der Waals surface area contributed by atoms with E-state index < -0.39 is 6.10 Å². The molecule has 0 aliphatic carbocycles. The molecule has 0 spiro atoms. The summed E-state index contributed by atoms with van der Waals surface area (Å²) in [5.41, 5.74) is 2.62. The number of aliphatic hydroxyl groups excluding tert-OH is 1. The number of nitrogens with one attached hydrogen (secondary N) is 1. The molecule has 3 aromatic rings. The fourth-order valence-corrected chi connectivity index (χ4v) is 5.10. The number of methoxy groups -OCH3 is 1. The molecule has 174 valence electrons. The first kappa shape index (κ1) is 22.3. The van der Waals surface area contributed by atoms with Gasteiger partial charge in [-0.25, -0.2) is 9.37 Å². The Morgan fingerprint density at radius 2 is 2.24 bits per heavy atom. The van der Waals surface area contributed by atoms with Gasteiger partial charge in [0, 0.05) is 37.3 Å². The maximum atomic E-state index is 14.6. The molecule has 1 saturated heterocycles. The summed E-state index contributed by atoms with van der Waals surface area (Å²) >= 11 is 1.66. The number of hydrogen-bond acceptors (Lipinski definition) is 9. The van der Waals surface area contributed by atoms with Crippen molar-refractivity contribution in [3.8, 4) is 11.6 Å². The summed E-state index contributed by atoms with van der Waals surface area (Å²) in [6.07, 6.45) is 3.78. The zero-order chi connectivity index (χ0) is 22.8. The highest BCUT2D eigenvalue weighted by molar-refractivity contribution is 7.99. The molecule has 2 aliphatic heterocycles. The van der Waals surface area contributed by atoms with Crippen LogP contribution in [0.1, 0.15) is 17.7 Å². The van der Waals surface area contributed by atoms with Crippen molar-refractivity contribution >= 4 is 22.8 Å². The first-order chi connectivity index (χ1) is 16.1. The van der Waals surface area contributed by atoms with Crippen LogP contribution in [0.5, 0.6) is 11.6 Å². The number of aromatic nitrogens is 3. The Kier molecular flexibility index (Phi) is 6.59. The van der Waals surface area contributed by atoms with Crippen molar-refractivity contribution in [2.75, 3.05) is 32.7 Å². The summed E-state index contributed by atoms with van der Waals surface area (Å²) < 4.78 is 25.2. The molecular formula is C23H26FN5O3S. The normalized spacial score (nSPS) is 20.6. The first-order valence-electron chi connectivity index (χ1n) is 11.0. The Balaban J connectivity index is 1.17. The number of nitrogens with zero attached hydrogens (tertiary/aromatic N) is 4. The largest absolute Gasteiger partial charge is 0.481 e. The molecule has 0 aromatic carbocycles. The smallest absolute Gasteiger partial charge is 0.213 e. The molecule has 1 fully saturated rings. The number of likely N-dealkylation sites (tertiary alicyclic amines) is 1. The van der Waals surface area contributed by atoms with E-state index in [-0.39, 0.29) is 11.9 Å². The lowest BCUT2D eigenvalue weighted by atomic mass is 10.0. The number of aliphatic hydroxyl groups is 1. The second-order valence-corrected chi connectivity index (χ2v) is 9.19. The molecule has 0 radical (unpaired) electrons. The molecule has 33 heavy (non-hydrogen) atoms. The van der Waals surface area contributed by atoms with Crippen LogP contribution in [0.2, 0.25) is 0 Å². The minimum Gasteiger partial charge on any atom is -0.481 e. The Bertz CT molecular complexity index is 1150. The van der Waals surface area contributed by atoms with E-state index >= 15 is 0 Å². The third kappa shape index (κ3) is 4.89. The molecule has 3 aromatic heterocycles. The van der Waals surface area contributed by atoms with Gasteiger partial charge in [0.1, 0.15) is 11.8 Å². The van der Waals surface area contributed by atoms with Gasteiger partial charge in [-0.05, 0) is 31.5 Å². The average Bonchev–Trinajstić information content (AvgIpc) is 3.30. The summed E-state index contributed by atoms with van der Waals surface area (Å²) in [6.45, 7) is 2.57. The van der Waals surface area contributed by atoms with Crippen LogP contribution in [-0.2, 0) is 13.0 Å². The van der Waals surface area contributed by atoms with Crippen LogP contribution < -0.4 is 14.8 Å². The van der Waals surface area contributed by atoms with Crippen LogP contribution in [0.15, 0.2) is 35.5 Å². The quantitative estimate of drug-likeness (QED) is 0.539. The van der Waals surface area contributed by atoms with Crippen LogP contribution in [0.3, 0.4) is 0 Å². The summed E-state index contributed by atoms with van der Waals surface area (Å²) in [6, 6.07) is 5.53. The van der Waals surface area contributed by atoms with E-state index in [1.54, 1.807) is 30.1 Å². The van der Waals surface area contributed by atoms with E-state index in [2.05, 4.69) is 25.2 Å². The van der Waals surface area contributed by atoms with Gasteiger partial charge in [0.05, 0.1) is 47.2 Å². The van der Waals surface area contributed by atoms with Gasteiger partial charge in [-0.2, -0.15) is 0 Å². The van der Waals surface area contributed by atoms with E-state index in [9.17, 15) is 9.50 Å². The number of pyridine rings is 3. The number of halogens is 1. The molecule has 2 aliphatic rings. The maximum Gasteiger partial charge on any atom is 0.213 e. The Morgan fingerprint density at radius 3 is 3.09 bits per heavy atom. The second kappa shape index (κ2) is 9.76. The molecule has 0 amide bonds. The van der Waals surface area contributed by atoms with Gasteiger partial charge in [0.15, 0.2) is 5.75 Å². The molecule has 5 heterocycles. The molecule has 0 saturated carbocycles. The lowest BCUT2D eigenvalue weighted by molar-refractivity contribution is 0.0403. The Labute approximate surface area is 195 Å². The third-order valence-corrected chi connectivity index (χ3v) is 7.02. The minimum absolute atomic E-state index is 0.00960. The van der Waals surface area contributed by atoms with E-state index in [4.69, 9.17) is 9.47 Å². The van der Waals surface area contributed by atoms with Gasteiger partial charge >= 0.3 is 0 Å². The summed E-state index contributed by atoms with van der Waals surface area (Å²) in [5, 5.41) is 14.1. The van der Waals surface area contributed by atoms with Crippen molar-refractivity contribution < 1.29 is 19.0 Å². The zero-order valence-electron chi connectivity index (χ0n) is 18.3. The molecule has 5 rings (SSSR count). The van der Waals surface area contributed by atoms with Crippen molar-refractivity contribution in [1.29, 1.82) is 0 Å². The highest BCUT2D eigenvalue weighted by Gasteiger charge is 2.27. The van der Waals surface area contributed by atoms with Gasteiger partial charge in [-0.3, -0.25) is 9.97 Å². The van der Waals surface area contributed by atoms with Crippen LogP contribution in [0, 0.1) is 5.82 Å². The molecule has 2 N–H and O–H groups in total. The number of piperidine rings is 1. The third-order valence-electron chi connectivity index (χ3n) is 6.16. The summed E-state index contributed by atoms with van der Waals surface area (Å²) in [7, 11) is 1.54. The number of ether oxygens (including phenoxy) is 2. The number of fused-ring (bicyclic) bond motifs is 2. The first-order valence-corrected chi connectivity index (χ1v) is 12.0. The van der Waals surface area contributed by atoms with Gasteiger partial charge < -0.3 is 24.8 Å². The molecule has 0 unspecified atom stereocenters. The standard InChI is InChI=1S/C23H26FN5O3S/c1-31-22-3-2-18-23(28-22)15(16(24)10-27-18)4-6-29-7-5-17(19(30)12-29)26-9-14-8-21-20(11-25-14)32-13-33-21/h2-3,8,10-11,17,19,26,30H,4-7,9,12-13H2,1H3/t17-,19+/m0/s1. The van der Waals surface area contributed by atoms with Crippen LogP contribution in [-0.4, -0.2) is 69.8 Å². The Hall–Kier alpha value is -2.53. The summed E-state index contributed by atoms with van der Waals surface area (Å²) in [5.74, 6) is 1.53. The van der Waals surface area contributed by atoms with Crippen molar-refractivity contribution in [3.05, 3.63) is 47.7 Å². The van der Waals surface area contributed by atoms with Crippen molar-refractivity contribution in [3.63, 3.8) is 0 Å². The number of hydrogen-bond donors (Lipinski definition) is 2. The van der Waals surface area contributed by atoms with Crippen molar-refractivity contribution in [2.24, 2.45) is 0 Å². The number of rotatable bonds is 7. The van der Waals surface area contributed by atoms with E-state index in [1.165, 1.54) is 13.3 Å². The molecular weight excluding hydrogens is 445 g/mol. The van der Waals surface area contributed by atoms with E-state index in [0.717, 1.165) is 29.3 Å². The van der Waals surface area contributed by atoms with E-state index in [0.29, 0.717) is 54.5 Å². The van der Waals surface area contributed by atoms with Crippen molar-refractivity contribution in [1.82, 2.24) is 25.2 Å². The van der Waals surface area contributed by atoms with Gasteiger partial charge in [-0.1, -0.05) is 11.8 Å². The van der Waals surface area contributed by atoms with E-state index in [1.807, 2.05) is 6.07 Å². The highest BCUT2D eigenvalue weighted by atomic mass is 32.2. The maximum absolute atomic E-state index is 14.6. The van der Waals surface area contributed by atoms with Gasteiger partial charge in [-0.15, -0.1) is 0 Å². The predicted molar refractivity (Wildman–Crippen MR) is 123 cm³/mol. The zero-order valence-corrected chi connectivity index (χ0v) is 19.1. The molecule has 2 atom stereocenters. The van der Waals surface area contributed by atoms with Crippen LogP contribution >= 0.6 is 11.8 Å². The van der Waals surface area contributed by atoms with Gasteiger partial charge in [0.25, 0.3) is 0 Å². The second-order valence-electron chi connectivity index (χ2n) is 8.23. The predicted octanol–water partition coefficient (Wildman–Crippen LogP) is 2.38. The van der Waals surface area contributed by atoms with Crippen LogP contribution in [0.4, 0.5) is 4.39 Å². The lowest BCUT2D eigenvalue weighted by Crippen LogP contribution is -2.52. The minimum atomic E-state index is -0.511. The van der Waals surface area contributed by atoms with Gasteiger partial charge in [0.2, 0.25) is 5.88 Å². The Morgan fingerprint density at radius 1 is 1.33 bits per heavy atom. The monoisotopic (exact) mass is 471 g/mol. The fourth-order valence-electron chi connectivity index (χ4n) is 4.31. The average molecular weight is 472 g/mol. The molecule has 0 bridgehead atoms. The SMILES string of the molecule is COc1ccc2ncc(F)c(CCN3CC[C@H](NCc4cc5c(cn4)OCS5)[C@H](O)C3)c2n1. The highest BCUT2D eigenvalue weighted by Crippen LogP contribution is 2.35. The van der Waals surface area contributed by atoms with Crippen LogP contribution in [0.25, 0.3) is 11.0 Å². The molecule has 8 nitrogen and oxygen atoms in total. The fraction of sp³-hybridized carbons (Fsp3) is 0.435. The van der Waals surface area contributed by atoms with Crippen molar-refractivity contribution in [2.45, 2.75) is 36.4 Å². The summed E-state index contributed by atoms with van der Waals surface area (Å²) in [4.78, 5) is 16.2.